The minimum atomic E-state index is -0.335. The van der Waals surface area contributed by atoms with E-state index >= 15 is 0 Å². The summed E-state index contributed by atoms with van der Waals surface area (Å²) in [5, 5.41) is 14.5. The first-order chi connectivity index (χ1) is 15.5. The molecule has 6 nitrogen and oxygen atoms in total. The Morgan fingerprint density at radius 2 is 1.84 bits per heavy atom. The molecule has 0 radical (unpaired) electrons. The van der Waals surface area contributed by atoms with Crippen molar-refractivity contribution in [2.45, 2.75) is 37.1 Å². The molecular weight excluding hydrogens is 438 g/mol. The van der Waals surface area contributed by atoms with Gasteiger partial charge in [0.05, 0.1) is 10.9 Å². The number of nitrogens with one attached hydrogen (secondary N) is 1. The fraction of sp³-hybridized carbons (Fsp3) is 0.250. The third-order valence-electron chi connectivity index (χ3n) is 5.17. The van der Waals surface area contributed by atoms with Crippen molar-refractivity contribution in [2.75, 3.05) is 5.32 Å². The third kappa shape index (κ3) is 5.26. The first kappa shape index (κ1) is 22.2. The Morgan fingerprint density at radius 3 is 2.56 bits per heavy atom. The zero-order valence-corrected chi connectivity index (χ0v) is 19.9. The van der Waals surface area contributed by atoms with Crippen LogP contribution in [0.25, 0.3) is 11.3 Å². The number of amides is 1. The van der Waals surface area contributed by atoms with Gasteiger partial charge in [0.25, 0.3) is 0 Å². The van der Waals surface area contributed by atoms with Gasteiger partial charge in [0.1, 0.15) is 5.82 Å². The topological polar surface area (TPSA) is 72.7 Å². The van der Waals surface area contributed by atoms with E-state index in [1.54, 1.807) is 0 Å². The van der Waals surface area contributed by atoms with Crippen LogP contribution in [-0.4, -0.2) is 30.9 Å². The number of nitrogens with zero attached hydrogens (tertiary/aromatic N) is 4. The summed E-state index contributed by atoms with van der Waals surface area (Å²) in [6, 6.07) is 18.5. The normalized spacial score (nSPS) is 12.0. The molecule has 8 heteroatoms. The Balaban J connectivity index is 1.37. The van der Waals surface area contributed by atoms with Crippen LogP contribution in [0.1, 0.15) is 30.8 Å². The maximum absolute atomic E-state index is 12.7. The summed E-state index contributed by atoms with van der Waals surface area (Å²) in [5.41, 5.74) is 4.38. The molecule has 0 saturated heterocycles. The van der Waals surface area contributed by atoms with E-state index in [-0.39, 0.29) is 11.2 Å². The second-order valence-electron chi connectivity index (χ2n) is 7.46. The minimum Gasteiger partial charge on any atom is -0.309 e. The Hall–Kier alpha value is -2.97. The molecule has 0 aliphatic carbocycles. The van der Waals surface area contributed by atoms with E-state index in [1.807, 2.05) is 42.1 Å². The maximum atomic E-state index is 12.7. The van der Waals surface area contributed by atoms with Crippen molar-refractivity contribution in [2.24, 2.45) is 7.05 Å². The smallest absolute Gasteiger partial charge is 0.239 e. The number of aryl methyl sites for hydroxylation is 1. The average Bonchev–Trinajstić information content (AvgIpc) is 3.42. The van der Waals surface area contributed by atoms with E-state index in [1.165, 1.54) is 34.2 Å². The zero-order valence-electron chi connectivity index (χ0n) is 18.3. The lowest BCUT2D eigenvalue weighted by Crippen LogP contribution is -2.22. The summed E-state index contributed by atoms with van der Waals surface area (Å²) in [6.45, 7) is 4.00. The predicted molar refractivity (Wildman–Crippen MR) is 131 cm³/mol. The standard InChI is InChI=1S/C24H25N5OS2/c1-4-17-10-12-19(13-11-17)20-15-31-23(25-20)26-22(30)16(2)32-24-28-27-21(29(24)3)14-18-8-6-5-7-9-18/h5-13,15-16H,4,14H2,1-3H3,(H,25,26,30). The molecule has 0 saturated carbocycles. The Morgan fingerprint density at radius 1 is 1.09 bits per heavy atom. The van der Waals surface area contributed by atoms with Crippen LogP contribution in [0.4, 0.5) is 5.13 Å². The van der Waals surface area contributed by atoms with E-state index in [0.717, 1.165) is 28.7 Å². The van der Waals surface area contributed by atoms with Gasteiger partial charge in [0, 0.05) is 24.4 Å². The lowest BCUT2D eigenvalue weighted by Gasteiger charge is -2.10. The van der Waals surface area contributed by atoms with Gasteiger partial charge in [-0.25, -0.2) is 4.98 Å². The first-order valence-corrected chi connectivity index (χ1v) is 12.2. The molecule has 32 heavy (non-hydrogen) atoms. The maximum Gasteiger partial charge on any atom is 0.239 e. The van der Waals surface area contributed by atoms with E-state index in [9.17, 15) is 4.79 Å². The van der Waals surface area contributed by atoms with Crippen LogP contribution < -0.4 is 5.32 Å². The van der Waals surface area contributed by atoms with E-state index in [2.05, 4.69) is 63.8 Å². The molecule has 0 aliphatic heterocycles. The molecule has 164 valence electrons. The molecule has 0 fully saturated rings. The Labute approximate surface area is 196 Å². The van der Waals surface area contributed by atoms with Gasteiger partial charge in [-0.2, -0.15) is 0 Å². The number of rotatable bonds is 8. The molecule has 2 heterocycles. The molecule has 0 bridgehead atoms. The molecule has 1 unspecified atom stereocenters. The van der Waals surface area contributed by atoms with Crippen molar-refractivity contribution in [3.63, 3.8) is 0 Å². The van der Waals surface area contributed by atoms with Gasteiger partial charge in [-0.05, 0) is 24.5 Å². The van der Waals surface area contributed by atoms with Gasteiger partial charge >= 0.3 is 0 Å². The molecule has 2 aromatic heterocycles. The van der Waals surface area contributed by atoms with Crippen molar-refractivity contribution >= 4 is 34.1 Å². The summed E-state index contributed by atoms with van der Waals surface area (Å²) in [7, 11) is 1.93. The van der Waals surface area contributed by atoms with Gasteiger partial charge in [-0.1, -0.05) is 73.3 Å². The van der Waals surface area contributed by atoms with Gasteiger partial charge < -0.3 is 9.88 Å². The van der Waals surface area contributed by atoms with Crippen molar-refractivity contribution in [3.05, 3.63) is 76.9 Å². The molecule has 1 N–H and O–H groups in total. The second kappa shape index (κ2) is 10.1. The molecule has 4 rings (SSSR count). The minimum absolute atomic E-state index is 0.107. The summed E-state index contributed by atoms with van der Waals surface area (Å²) < 4.78 is 1.95. The highest BCUT2D eigenvalue weighted by molar-refractivity contribution is 8.00. The first-order valence-electron chi connectivity index (χ1n) is 10.5. The van der Waals surface area contributed by atoms with Crippen molar-refractivity contribution < 1.29 is 4.79 Å². The Bertz CT molecular complexity index is 1180. The zero-order chi connectivity index (χ0) is 22.5. The van der Waals surface area contributed by atoms with Gasteiger partial charge in [0.15, 0.2) is 10.3 Å². The molecule has 1 atom stereocenters. The van der Waals surface area contributed by atoms with Crippen molar-refractivity contribution in [1.82, 2.24) is 19.7 Å². The van der Waals surface area contributed by atoms with Crippen LogP contribution >= 0.6 is 23.1 Å². The van der Waals surface area contributed by atoms with Crippen molar-refractivity contribution in [3.8, 4) is 11.3 Å². The number of hydrogen-bond acceptors (Lipinski definition) is 6. The monoisotopic (exact) mass is 463 g/mol. The number of anilines is 1. The number of thiazole rings is 1. The van der Waals surface area contributed by atoms with Gasteiger partial charge in [0.2, 0.25) is 5.91 Å². The van der Waals surface area contributed by atoms with Crippen LogP contribution in [-0.2, 0) is 24.7 Å². The highest BCUT2D eigenvalue weighted by Crippen LogP contribution is 2.27. The van der Waals surface area contributed by atoms with E-state index in [0.29, 0.717) is 11.6 Å². The van der Waals surface area contributed by atoms with Crippen LogP contribution in [0, 0.1) is 0 Å². The lowest BCUT2D eigenvalue weighted by molar-refractivity contribution is -0.115. The highest BCUT2D eigenvalue weighted by Gasteiger charge is 2.20. The summed E-state index contributed by atoms with van der Waals surface area (Å²) in [6.07, 6.45) is 1.71. The lowest BCUT2D eigenvalue weighted by atomic mass is 10.1. The summed E-state index contributed by atoms with van der Waals surface area (Å²) in [5.74, 6) is 0.759. The number of benzene rings is 2. The molecular formula is C24H25N5OS2. The second-order valence-corrected chi connectivity index (χ2v) is 9.62. The van der Waals surface area contributed by atoms with Gasteiger partial charge in [-0.15, -0.1) is 21.5 Å². The SMILES string of the molecule is CCc1ccc(-c2csc(NC(=O)C(C)Sc3nnc(Cc4ccccc4)n3C)n2)cc1. The van der Waals surface area contributed by atoms with Crippen LogP contribution in [0.5, 0.6) is 0 Å². The van der Waals surface area contributed by atoms with Crippen molar-refractivity contribution in [1.29, 1.82) is 0 Å². The van der Waals surface area contributed by atoms with Crippen LogP contribution in [0.15, 0.2) is 65.1 Å². The van der Waals surface area contributed by atoms with Crippen LogP contribution in [0.3, 0.4) is 0 Å². The van der Waals surface area contributed by atoms with E-state index < -0.39 is 0 Å². The predicted octanol–water partition coefficient (Wildman–Crippen LogP) is 5.21. The molecule has 0 spiro atoms. The highest BCUT2D eigenvalue weighted by atomic mass is 32.2. The molecule has 4 aromatic rings. The number of carbonyl (C=O) groups is 1. The third-order valence-corrected chi connectivity index (χ3v) is 7.07. The quantitative estimate of drug-likeness (QED) is 0.363. The molecule has 2 aromatic carbocycles. The summed E-state index contributed by atoms with van der Waals surface area (Å²) >= 11 is 2.82. The fourth-order valence-corrected chi connectivity index (χ4v) is 4.73. The van der Waals surface area contributed by atoms with Gasteiger partial charge in [-0.3, -0.25) is 4.79 Å². The number of thioether (sulfide) groups is 1. The number of aromatic nitrogens is 4. The average molecular weight is 464 g/mol. The Kier molecular flexibility index (Phi) is 7.02. The number of hydrogen-bond donors (Lipinski definition) is 1. The van der Waals surface area contributed by atoms with Crippen LogP contribution in [0.2, 0.25) is 0 Å². The fourth-order valence-electron chi connectivity index (χ4n) is 3.17. The number of carbonyl (C=O) groups excluding carboxylic acids is 1. The molecule has 1 amide bonds. The molecule has 0 aliphatic rings. The summed E-state index contributed by atoms with van der Waals surface area (Å²) in [4.78, 5) is 17.3. The van der Waals surface area contributed by atoms with E-state index in [4.69, 9.17) is 0 Å². The largest absolute Gasteiger partial charge is 0.309 e.